The van der Waals surface area contributed by atoms with Crippen molar-refractivity contribution in [3.05, 3.63) is 64.2 Å². The second-order valence-corrected chi connectivity index (χ2v) is 6.76. The van der Waals surface area contributed by atoms with E-state index in [1.807, 2.05) is 0 Å². The Morgan fingerprint density at radius 3 is 2.62 bits per heavy atom. The molecule has 2 aromatic rings. The van der Waals surface area contributed by atoms with Gasteiger partial charge in [0.1, 0.15) is 12.2 Å². The van der Waals surface area contributed by atoms with Gasteiger partial charge in [0.2, 0.25) is 0 Å². The summed E-state index contributed by atoms with van der Waals surface area (Å²) in [5, 5.41) is 2.86. The average Bonchev–Trinajstić information content (AvgIpc) is 2.78. The van der Waals surface area contributed by atoms with E-state index in [4.69, 9.17) is 21.1 Å². The number of benzene rings is 2. The summed E-state index contributed by atoms with van der Waals surface area (Å²) in [6.45, 7) is 1.70. The summed E-state index contributed by atoms with van der Waals surface area (Å²) in [6.07, 6.45) is -7.70. The number of hydrogen-bond acceptors (Lipinski definition) is 4. The van der Waals surface area contributed by atoms with Gasteiger partial charge in [-0.3, -0.25) is 9.59 Å². The fourth-order valence-electron chi connectivity index (χ4n) is 3.11. The van der Waals surface area contributed by atoms with Gasteiger partial charge in [-0.25, -0.2) is 0 Å². The van der Waals surface area contributed by atoms with Gasteiger partial charge < -0.3 is 14.8 Å². The number of nitrogens with one attached hydrogen (secondary N) is 1. The molecular formula is C20H17ClF3NO4. The predicted octanol–water partition coefficient (Wildman–Crippen LogP) is 4.74. The molecule has 29 heavy (non-hydrogen) atoms. The maximum Gasteiger partial charge on any atom is 0.416 e. The second kappa shape index (κ2) is 8.42. The van der Waals surface area contributed by atoms with E-state index in [-0.39, 0.29) is 28.4 Å². The van der Waals surface area contributed by atoms with Gasteiger partial charge in [0.25, 0.3) is 5.91 Å². The van der Waals surface area contributed by atoms with E-state index in [2.05, 4.69) is 5.32 Å². The Bertz CT molecular complexity index is 932. The molecule has 1 amide bonds. The van der Waals surface area contributed by atoms with Crippen molar-refractivity contribution in [2.75, 3.05) is 11.9 Å². The lowest BCUT2D eigenvalue weighted by Gasteiger charge is -2.24. The first-order chi connectivity index (χ1) is 13.7. The molecule has 9 heteroatoms. The first-order valence-corrected chi connectivity index (χ1v) is 9.16. The van der Waals surface area contributed by atoms with E-state index < -0.39 is 42.2 Å². The molecular weight excluding hydrogens is 411 g/mol. The molecule has 0 radical (unpaired) electrons. The number of fused-ring (bicyclic) bond motifs is 1. The monoisotopic (exact) mass is 427 g/mol. The minimum Gasteiger partial charge on any atom is -0.466 e. The van der Waals surface area contributed by atoms with E-state index in [0.717, 1.165) is 6.07 Å². The minimum absolute atomic E-state index is 0.101. The molecule has 2 unspecified atom stereocenters. The average molecular weight is 428 g/mol. The highest BCUT2D eigenvalue weighted by atomic mass is 35.5. The molecule has 2 atom stereocenters. The van der Waals surface area contributed by atoms with Crippen molar-refractivity contribution in [2.45, 2.75) is 31.7 Å². The number of rotatable bonds is 4. The van der Waals surface area contributed by atoms with Gasteiger partial charge in [0.15, 0.2) is 0 Å². The number of carbonyl (C=O) groups excluding carboxylic acids is 2. The van der Waals surface area contributed by atoms with Gasteiger partial charge in [0, 0.05) is 16.3 Å². The number of esters is 1. The van der Waals surface area contributed by atoms with Crippen molar-refractivity contribution in [1.29, 1.82) is 0 Å². The van der Waals surface area contributed by atoms with Crippen LogP contribution >= 0.6 is 11.6 Å². The molecule has 1 aliphatic heterocycles. The quantitative estimate of drug-likeness (QED) is 0.716. The highest BCUT2D eigenvalue weighted by Gasteiger charge is 2.39. The van der Waals surface area contributed by atoms with Crippen LogP contribution in [-0.2, 0) is 25.2 Å². The fourth-order valence-corrected chi connectivity index (χ4v) is 3.29. The Morgan fingerprint density at radius 2 is 1.93 bits per heavy atom. The molecule has 2 aromatic carbocycles. The van der Waals surface area contributed by atoms with Gasteiger partial charge >= 0.3 is 12.1 Å². The Labute approximate surface area is 169 Å². The third-order valence-corrected chi connectivity index (χ3v) is 4.59. The van der Waals surface area contributed by atoms with E-state index in [0.29, 0.717) is 0 Å². The molecule has 0 saturated carbocycles. The summed E-state index contributed by atoms with van der Waals surface area (Å²) in [5.41, 5.74) is -0.573. The third-order valence-electron chi connectivity index (χ3n) is 4.35. The van der Waals surface area contributed by atoms with Gasteiger partial charge in [0.05, 0.1) is 18.6 Å². The lowest BCUT2D eigenvalue weighted by Crippen LogP contribution is -2.32. The highest BCUT2D eigenvalue weighted by Crippen LogP contribution is 2.42. The Hall–Kier alpha value is -2.58. The number of carbonyl (C=O) groups is 2. The van der Waals surface area contributed by atoms with Crippen molar-refractivity contribution in [1.82, 2.24) is 0 Å². The predicted molar refractivity (Wildman–Crippen MR) is 99.5 cm³/mol. The number of amides is 1. The molecule has 1 heterocycles. The summed E-state index contributed by atoms with van der Waals surface area (Å²) in [6, 6.07) is 9.33. The molecule has 154 valence electrons. The fraction of sp³-hybridized carbons (Fsp3) is 0.300. The smallest absolute Gasteiger partial charge is 0.416 e. The largest absolute Gasteiger partial charge is 0.466 e. The maximum absolute atomic E-state index is 13.6. The molecule has 3 rings (SSSR count). The molecule has 1 N–H and O–H groups in total. The zero-order chi connectivity index (χ0) is 21.2. The number of hydrogen-bond donors (Lipinski definition) is 1. The van der Waals surface area contributed by atoms with Crippen molar-refractivity contribution in [3.8, 4) is 0 Å². The van der Waals surface area contributed by atoms with Crippen LogP contribution in [0.2, 0.25) is 5.02 Å². The number of ether oxygens (including phenoxy) is 2. The summed E-state index contributed by atoms with van der Waals surface area (Å²) >= 11 is 6.05. The van der Waals surface area contributed by atoms with Crippen LogP contribution in [0.3, 0.4) is 0 Å². The molecule has 0 aliphatic carbocycles. The van der Waals surface area contributed by atoms with E-state index in [9.17, 15) is 22.8 Å². The number of halogens is 4. The molecule has 0 bridgehead atoms. The van der Waals surface area contributed by atoms with Crippen LogP contribution in [-0.4, -0.2) is 24.6 Å². The van der Waals surface area contributed by atoms with E-state index in [1.54, 1.807) is 6.92 Å². The summed E-state index contributed by atoms with van der Waals surface area (Å²) in [7, 11) is 0. The molecule has 0 aromatic heterocycles. The first-order valence-electron chi connectivity index (χ1n) is 8.78. The van der Waals surface area contributed by atoms with Gasteiger partial charge in [-0.05, 0) is 36.8 Å². The summed E-state index contributed by atoms with van der Waals surface area (Å²) < 4.78 is 51.4. The maximum atomic E-state index is 13.6. The minimum atomic E-state index is -4.64. The number of anilines is 1. The summed E-state index contributed by atoms with van der Waals surface area (Å²) in [4.78, 5) is 24.4. The van der Waals surface area contributed by atoms with Gasteiger partial charge in [-0.2, -0.15) is 13.2 Å². The molecule has 1 aliphatic rings. The second-order valence-electron chi connectivity index (χ2n) is 6.32. The lowest BCUT2D eigenvalue weighted by atomic mass is 9.95. The first kappa shape index (κ1) is 21.1. The van der Waals surface area contributed by atoms with E-state index in [1.165, 1.54) is 36.4 Å². The zero-order valence-corrected chi connectivity index (χ0v) is 16.0. The van der Waals surface area contributed by atoms with Crippen LogP contribution in [0, 0.1) is 0 Å². The molecule has 0 saturated heterocycles. The van der Waals surface area contributed by atoms with Crippen molar-refractivity contribution < 1.29 is 32.2 Å². The van der Waals surface area contributed by atoms with Crippen molar-refractivity contribution in [2.24, 2.45) is 0 Å². The van der Waals surface area contributed by atoms with Crippen LogP contribution < -0.4 is 5.32 Å². The van der Waals surface area contributed by atoms with Crippen LogP contribution in [0.1, 0.15) is 36.1 Å². The Kier molecular flexibility index (Phi) is 6.14. The van der Waals surface area contributed by atoms with Crippen molar-refractivity contribution in [3.63, 3.8) is 0 Å². The normalized spacial score (nSPS) is 19.1. The molecule has 0 fully saturated rings. The van der Waals surface area contributed by atoms with Crippen LogP contribution in [0.5, 0.6) is 0 Å². The van der Waals surface area contributed by atoms with E-state index >= 15 is 0 Å². The zero-order valence-electron chi connectivity index (χ0n) is 15.3. The standard InChI is InChI=1S/C20H17ClF3NO4/c1-2-28-17(26)10-16-19(27)25-15-8-7-11(21)9-13(15)18(29-16)12-5-3-4-6-14(12)20(22,23)24/h3-9,16,18H,2,10H2,1H3,(H,25,27). The SMILES string of the molecule is CCOC(=O)CC1OC(c2ccccc2C(F)(F)F)c2cc(Cl)ccc2NC1=O. The van der Waals surface area contributed by atoms with Crippen molar-refractivity contribution >= 4 is 29.2 Å². The van der Waals surface area contributed by atoms with Crippen LogP contribution in [0.25, 0.3) is 0 Å². The van der Waals surface area contributed by atoms with Crippen LogP contribution in [0.15, 0.2) is 42.5 Å². The van der Waals surface area contributed by atoms with Gasteiger partial charge in [-0.15, -0.1) is 0 Å². The number of alkyl halides is 3. The topological polar surface area (TPSA) is 64.6 Å². The van der Waals surface area contributed by atoms with Crippen LogP contribution in [0.4, 0.5) is 18.9 Å². The lowest BCUT2D eigenvalue weighted by molar-refractivity contribution is -0.151. The summed E-state index contributed by atoms with van der Waals surface area (Å²) in [5.74, 6) is -1.35. The highest BCUT2D eigenvalue weighted by molar-refractivity contribution is 6.30. The van der Waals surface area contributed by atoms with Gasteiger partial charge in [-0.1, -0.05) is 29.8 Å². The molecule has 5 nitrogen and oxygen atoms in total. The third kappa shape index (κ3) is 4.71. The Balaban J connectivity index is 2.11. The Morgan fingerprint density at radius 1 is 1.21 bits per heavy atom. The molecule has 0 spiro atoms.